The second-order valence-electron chi connectivity index (χ2n) is 5.49. The van der Waals surface area contributed by atoms with E-state index in [2.05, 4.69) is 5.32 Å². The molecule has 2 rings (SSSR count). The number of amides is 2. The van der Waals surface area contributed by atoms with Gasteiger partial charge in [-0.15, -0.1) is 0 Å². The molecule has 6 nitrogen and oxygen atoms in total. The highest BCUT2D eigenvalue weighted by atomic mass is 16.6. The summed E-state index contributed by atoms with van der Waals surface area (Å²) in [7, 11) is 0. The van der Waals surface area contributed by atoms with E-state index in [0.717, 1.165) is 12.0 Å². The zero-order chi connectivity index (χ0) is 16.1. The Morgan fingerprint density at radius 2 is 2.23 bits per heavy atom. The molecular weight excluding hydrogens is 284 g/mol. The third-order valence-corrected chi connectivity index (χ3v) is 3.73. The van der Waals surface area contributed by atoms with Crippen molar-refractivity contribution in [2.24, 2.45) is 5.92 Å². The first-order valence-corrected chi connectivity index (χ1v) is 7.53. The van der Waals surface area contributed by atoms with Crippen LogP contribution in [0.25, 0.3) is 0 Å². The molecule has 2 amide bonds. The Labute approximate surface area is 130 Å². The number of carbonyl (C=O) groups excluding carboxylic acids is 2. The molecule has 120 valence electrons. The fourth-order valence-electron chi connectivity index (χ4n) is 2.55. The Morgan fingerprint density at radius 3 is 2.91 bits per heavy atom. The van der Waals surface area contributed by atoms with Crippen molar-refractivity contribution in [3.63, 3.8) is 0 Å². The highest BCUT2D eigenvalue weighted by Gasteiger charge is 2.29. The van der Waals surface area contributed by atoms with Crippen molar-refractivity contribution in [1.82, 2.24) is 4.90 Å². The Hall–Kier alpha value is -2.24. The van der Waals surface area contributed by atoms with Gasteiger partial charge in [-0.2, -0.15) is 0 Å². The lowest BCUT2D eigenvalue weighted by molar-refractivity contribution is -0.121. The molecule has 1 aromatic carbocycles. The normalized spacial score (nSPS) is 17.9. The second-order valence-corrected chi connectivity index (χ2v) is 5.49. The van der Waals surface area contributed by atoms with Crippen LogP contribution >= 0.6 is 0 Å². The highest BCUT2D eigenvalue weighted by molar-refractivity contribution is 5.94. The summed E-state index contributed by atoms with van der Waals surface area (Å²) in [5, 5.41) is 12.6. The van der Waals surface area contributed by atoms with Crippen LogP contribution in [0, 0.1) is 12.8 Å². The number of ether oxygens (including phenoxy) is 1. The zero-order valence-corrected chi connectivity index (χ0v) is 13.0. The Morgan fingerprint density at radius 1 is 1.45 bits per heavy atom. The van der Waals surface area contributed by atoms with Gasteiger partial charge in [-0.1, -0.05) is 6.07 Å². The summed E-state index contributed by atoms with van der Waals surface area (Å²) in [6.45, 7) is 4.90. The van der Waals surface area contributed by atoms with Crippen molar-refractivity contribution in [3.05, 3.63) is 23.8 Å². The Balaban J connectivity index is 1.98. The Bertz CT molecular complexity index is 559. The number of phenolic OH excluding ortho intramolecular Hbond substituents is 1. The first kappa shape index (κ1) is 16.1. The number of piperidine rings is 1. The van der Waals surface area contributed by atoms with Gasteiger partial charge >= 0.3 is 6.09 Å². The maximum atomic E-state index is 12.3. The Kier molecular flexibility index (Phi) is 5.25. The van der Waals surface area contributed by atoms with Crippen LogP contribution in [0.5, 0.6) is 5.75 Å². The maximum absolute atomic E-state index is 12.3. The van der Waals surface area contributed by atoms with Gasteiger partial charge < -0.3 is 20.1 Å². The molecule has 0 radical (unpaired) electrons. The van der Waals surface area contributed by atoms with Gasteiger partial charge in [0.25, 0.3) is 0 Å². The van der Waals surface area contributed by atoms with E-state index in [1.807, 2.05) is 13.0 Å². The summed E-state index contributed by atoms with van der Waals surface area (Å²) in [4.78, 5) is 25.6. The zero-order valence-electron chi connectivity index (χ0n) is 13.0. The summed E-state index contributed by atoms with van der Waals surface area (Å²) < 4.78 is 4.98. The first-order valence-electron chi connectivity index (χ1n) is 7.53. The third-order valence-electron chi connectivity index (χ3n) is 3.73. The molecule has 1 saturated heterocycles. The van der Waals surface area contributed by atoms with Crippen LogP contribution in [-0.4, -0.2) is 41.7 Å². The van der Waals surface area contributed by atoms with E-state index in [0.29, 0.717) is 31.8 Å². The lowest BCUT2D eigenvalue weighted by Crippen LogP contribution is -2.44. The minimum absolute atomic E-state index is 0.0476. The SMILES string of the molecule is CCOC(=O)N1CCCC(C(=O)Nc2ccc(C)cc2O)C1. The van der Waals surface area contributed by atoms with Crippen molar-refractivity contribution in [2.45, 2.75) is 26.7 Å². The molecule has 1 aliphatic rings. The van der Waals surface area contributed by atoms with Crippen LogP contribution < -0.4 is 5.32 Å². The number of nitrogens with one attached hydrogen (secondary N) is 1. The monoisotopic (exact) mass is 306 g/mol. The van der Waals surface area contributed by atoms with Gasteiger partial charge in [-0.3, -0.25) is 4.79 Å². The van der Waals surface area contributed by atoms with E-state index in [1.54, 1.807) is 24.0 Å². The predicted octanol–water partition coefficient (Wildman–Crippen LogP) is 2.51. The lowest BCUT2D eigenvalue weighted by atomic mass is 9.97. The number of carbonyl (C=O) groups is 2. The molecule has 6 heteroatoms. The topological polar surface area (TPSA) is 78.9 Å². The summed E-state index contributed by atoms with van der Waals surface area (Å²) in [6.07, 6.45) is 1.10. The lowest BCUT2D eigenvalue weighted by Gasteiger charge is -2.31. The van der Waals surface area contributed by atoms with Gasteiger partial charge in [0.05, 0.1) is 18.2 Å². The van der Waals surface area contributed by atoms with E-state index in [4.69, 9.17) is 4.74 Å². The van der Waals surface area contributed by atoms with Crippen molar-refractivity contribution >= 4 is 17.7 Å². The third kappa shape index (κ3) is 3.90. The molecule has 1 heterocycles. The molecule has 1 fully saturated rings. The van der Waals surface area contributed by atoms with E-state index in [1.165, 1.54) is 0 Å². The maximum Gasteiger partial charge on any atom is 0.409 e. The van der Waals surface area contributed by atoms with Crippen LogP contribution in [0.2, 0.25) is 0 Å². The van der Waals surface area contributed by atoms with Crippen LogP contribution in [0.3, 0.4) is 0 Å². The van der Waals surface area contributed by atoms with Crippen molar-refractivity contribution in [1.29, 1.82) is 0 Å². The molecule has 0 aliphatic carbocycles. The van der Waals surface area contributed by atoms with Crippen LogP contribution in [-0.2, 0) is 9.53 Å². The summed E-state index contributed by atoms with van der Waals surface area (Å²) in [6, 6.07) is 5.09. The predicted molar refractivity (Wildman–Crippen MR) is 82.8 cm³/mol. The summed E-state index contributed by atoms with van der Waals surface area (Å²) >= 11 is 0. The number of aryl methyl sites for hydroxylation is 1. The number of phenols is 1. The number of hydrogen-bond donors (Lipinski definition) is 2. The number of nitrogens with zero attached hydrogens (tertiary/aromatic N) is 1. The number of likely N-dealkylation sites (tertiary alicyclic amines) is 1. The average Bonchev–Trinajstić information content (AvgIpc) is 2.50. The number of anilines is 1. The average molecular weight is 306 g/mol. The number of aromatic hydroxyl groups is 1. The molecule has 2 N–H and O–H groups in total. The van der Waals surface area contributed by atoms with Crippen LogP contribution in [0.1, 0.15) is 25.3 Å². The molecule has 1 aliphatic heterocycles. The second kappa shape index (κ2) is 7.15. The first-order chi connectivity index (χ1) is 10.5. The summed E-state index contributed by atoms with van der Waals surface area (Å²) in [5.41, 5.74) is 1.31. The molecule has 0 aromatic heterocycles. The molecule has 0 bridgehead atoms. The van der Waals surface area contributed by atoms with Gasteiger partial charge in [-0.25, -0.2) is 4.79 Å². The van der Waals surface area contributed by atoms with Crippen molar-refractivity contribution < 1.29 is 19.4 Å². The van der Waals surface area contributed by atoms with Gasteiger partial charge in [0.2, 0.25) is 5.91 Å². The van der Waals surface area contributed by atoms with Crippen molar-refractivity contribution in [2.75, 3.05) is 25.0 Å². The largest absolute Gasteiger partial charge is 0.506 e. The fourth-order valence-corrected chi connectivity index (χ4v) is 2.55. The molecule has 1 aromatic rings. The molecule has 0 saturated carbocycles. The number of benzene rings is 1. The minimum atomic E-state index is -0.377. The van der Waals surface area contributed by atoms with Crippen molar-refractivity contribution in [3.8, 4) is 5.75 Å². The number of rotatable bonds is 3. The van der Waals surface area contributed by atoms with E-state index >= 15 is 0 Å². The van der Waals surface area contributed by atoms with E-state index < -0.39 is 0 Å². The highest BCUT2D eigenvalue weighted by Crippen LogP contribution is 2.26. The fraction of sp³-hybridized carbons (Fsp3) is 0.500. The molecule has 1 atom stereocenters. The van der Waals surface area contributed by atoms with Gasteiger partial charge in [0, 0.05) is 13.1 Å². The van der Waals surface area contributed by atoms with E-state index in [9.17, 15) is 14.7 Å². The molecule has 1 unspecified atom stereocenters. The molecular formula is C16H22N2O4. The standard InChI is InChI=1S/C16H22N2O4/c1-3-22-16(21)18-8-4-5-12(10-18)15(20)17-13-7-6-11(2)9-14(13)19/h6-7,9,12,19H,3-5,8,10H2,1-2H3,(H,17,20). The molecule has 0 spiro atoms. The molecule has 22 heavy (non-hydrogen) atoms. The smallest absolute Gasteiger partial charge is 0.409 e. The quantitative estimate of drug-likeness (QED) is 0.841. The minimum Gasteiger partial charge on any atom is -0.506 e. The van der Waals surface area contributed by atoms with Crippen LogP contribution in [0.15, 0.2) is 18.2 Å². The van der Waals surface area contributed by atoms with Gasteiger partial charge in [-0.05, 0) is 44.4 Å². The van der Waals surface area contributed by atoms with Gasteiger partial charge in [0.1, 0.15) is 5.75 Å². The number of hydrogen-bond acceptors (Lipinski definition) is 4. The van der Waals surface area contributed by atoms with Crippen LogP contribution in [0.4, 0.5) is 10.5 Å². The van der Waals surface area contributed by atoms with Gasteiger partial charge in [0.15, 0.2) is 0 Å². The van der Waals surface area contributed by atoms with E-state index in [-0.39, 0.29) is 23.7 Å². The summed E-state index contributed by atoms with van der Waals surface area (Å²) in [5.74, 6) is -0.432.